The average Bonchev–Trinajstić information content (AvgIpc) is 2.42. The standard InChI is InChI=1S/C14H12N2O3/c17-12-9-5-4-8-11(12)16-14(19)13(18)15-10-6-2-1-3-7-10/h1-9,17H,(H,15,18)(H,16,19). The summed E-state index contributed by atoms with van der Waals surface area (Å²) in [7, 11) is 0. The maximum absolute atomic E-state index is 11.6. The van der Waals surface area contributed by atoms with Crippen LogP contribution in [0.2, 0.25) is 0 Å². The van der Waals surface area contributed by atoms with Gasteiger partial charge in [0.25, 0.3) is 0 Å². The second-order valence-corrected chi connectivity index (χ2v) is 3.79. The lowest BCUT2D eigenvalue weighted by Gasteiger charge is -2.07. The van der Waals surface area contributed by atoms with E-state index in [1.54, 1.807) is 42.5 Å². The van der Waals surface area contributed by atoms with Crippen LogP contribution in [0.1, 0.15) is 0 Å². The Kier molecular flexibility index (Phi) is 3.78. The van der Waals surface area contributed by atoms with Crippen LogP contribution in [-0.2, 0) is 9.59 Å². The van der Waals surface area contributed by atoms with E-state index < -0.39 is 11.8 Å². The van der Waals surface area contributed by atoms with E-state index in [4.69, 9.17) is 0 Å². The minimum absolute atomic E-state index is 0.0941. The van der Waals surface area contributed by atoms with Crippen LogP contribution in [0.3, 0.4) is 0 Å². The van der Waals surface area contributed by atoms with E-state index in [1.165, 1.54) is 12.1 Å². The zero-order chi connectivity index (χ0) is 13.7. The van der Waals surface area contributed by atoms with Crippen molar-refractivity contribution in [2.24, 2.45) is 0 Å². The van der Waals surface area contributed by atoms with Crippen molar-refractivity contribution < 1.29 is 14.7 Å². The van der Waals surface area contributed by atoms with E-state index in [9.17, 15) is 14.7 Å². The van der Waals surface area contributed by atoms with Gasteiger partial charge in [0.15, 0.2) is 0 Å². The van der Waals surface area contributed by atoms with Gasteiger partial charge >= 0.3 is 11.8 Å². The Hall–Kier alpha value is -2.82. The highest BCUT2D eigenvalue weighted by molar-refractivity contribution is 6.43. The summed E-state index contributed by atoms with van der Waals surface area (Å²) in [6, 6.07) is 14.8. The maximum Gasteiger partial charge on any atom is 0.314 e. The quantitative estimate of drug-likeness (QED) is 0.567. The molecule has 0 saturated heterocycles. The molecule has 2 aromatic rings. The van der Waals surface area contributed by atoms with Crippen LogP contribution in [0, 0.1) is 0 Å². The van der Waals surface area contributed by atoms with Crippen molar-refractivity contribution in [2.45, 2.75) is 0 Å². The Balaban J connectivity index is 2.01. The van der Waals surface area contributed by atoms with E-state index >= 15 is 0 Å². The molecule has 0 aliphatic rings. The number of phenolic OH excluding ortho intramolecular Hbond substituents is 1. The molecule has 19 heavy (non-hydrogen) atoms. The van der Waals surface area contributed by atoms with Crippen LogP contribution in [-0.4, -0.2) is 16.9 Å². The Bertz CT molecular complexity index is 597. The SMILES string of the molecule is O=C(Nc1ccccc1)C(=O)Nc1ccccc1O. The molecule has 5 nitrogen and oxygen atoms in total. The molecule has 0 saturated carbocycles. The third-order valence-electron chi connectivity index (χ3n) is 2.39. The Morgan fingerprint density at radius 2 is 1.37 bits per heavy atom. The molecule has 0 heterocycles. The zero-order valence-electron chi connectivity index (χ0n) is 9.96. The van der Waals surface area contributed by atoms with Crippen LogP contribution in [0.4, 0.5) is 11.4 Å². The van der Waals surface area contributed by atoms with Crippen LogP contribution >= 0.6 is 0 Å². The molecule has 0 aliphatic heterocycles. The first-order valence-corrected chi connectivity index (χ1v) is 5.62. The van der Waals surface area contributed by atoms with Crippen molar-refractivity contribution in [1.29, 1.82) is 0 Å². The number of nitrogens with one attached hydrogen (secondary N) is 2. The molecule has 2 rings (SSSR count). The van der Waals surface area contributed by atoms with Crippen LogP contribution in [0.25, 0.3) is 0 Å². The minimum atomic E-state index is -0.842. The monoisotopic (exact) mass is 256 g/mol. The largest absolute Gasteiger partial charge is 0.506 e. The number of hydrogen-bond acceptors (Lipinski definition) is 3. The third-order valence-corrected chi connectivity index (χ3v) is 2.39. The molecule has 0 atom stereocenters. The van der Waals surface area contributed by atoms with Crippen molar-refractivity contribution >= 4 is 23.2 Å². The topological polar surface area (TPSA) is 78.4 Å². The molecule has 2 amide bonds. The number of aromatic hydroxyl groups is 1. The predicted molar refractivity (Wildman–Crippen MR) is 71.8 cm³/mol. The molecular weight excluding hydrogens is 244 g/mol. The summed E-state index contributed by atoms with van der Waals surface area (Å²) in [6.07, 6.45) is 0. The Morgan fingerprint density at radius 3 is 2.05 bits per heavy atom. The van der Waals surface area contributed by atoms with Gasteiger partial charge in [-0.2, -0.15) is 0 Å². The highest BCUT2D eigenvalue weighted by Crippen LogP contribution is 2.21. The predicted octanol–water partition coefficient (Wildman–Crippen LogP) is 1.97. The average molecular weight is 256 g/mol. The number of hydrogen-bond donors (Lipinski definition) is 3. The van der Waals surface area contributed by atoms with Gasteiger partial charge in [0, 0.05) is 5.69 Å². The molecule has 2 aromatic carbocycles. The van der Waals surface area contributed by atoms with Gasteiger partial charge in [-0.05, 0) is 24.3 Å². The summed E-state index contributed by atoms with van der Waals surface area (Å²) in [5.74, 6) is -1.73. The number of anilines is 2. The molecule has 0 aromatic heterocycles. The number of amides is 2. The van der Waals surface area contributed by atoms with E-state index in [-0.39, 0.29) is 11.4 Å². The van der Waals surface area contributed by atoms with Crippen molar-refractivity contribution in [2.75, 3.05) is 10.6 Å². The van der Waals surface area contributed by atoms with E-state index in [1.807, 2.05) is 0 Å². The highest BCUT2D eigenvalue weighted by Gasteiger charge is 2.15. The Morgan fingerprint density at radius 1 is 0.789 bits per heavy atom. The number of carbonyl (C=O) groups is 2. The molecule has 96 valence electrons. The van der Waals surface area contributed by atoms with Crippen molar-refractivity contribution in [3.63, 3.8) is 0 Å². The molecule has 0 bridgehead atoms. The normalized spacial score (nSPS) is 9.68. The molecule has 0 spiro atoms. The first-order chi connectivity index (χ1) is 9.16. The number of phenols is 1. The lowest BCUT2D eigenvalue weighted by Crippen LogP contribution is -2.29. The van der Waals surface area contributed by atoms with Gasteiger partial charge in [0.1, 0.15) is 5.75 Å². The summed E-state index contributed by atoms with van der Waals surface area (Å²) < 4.78 is 0. The fourth-order valence-electron chi connectivity index (χ4n) is 1.47. The lowest BCUT2D eigenvalue weighted by atomic mass is 10.3. The van der Waals surface area contributed by atoms with Crippen molar-refractivity contribution in [3.8, 4) is 5.75 Å². The number of rotatable bonds is 2. The van der Waals surface area contributed by atoms with Crippen LogP contribution in [0.15, 0.2) is 54.6 Å². The maximum atomic E-state index is 11.6. The van der Waals surface area contributed by atoms with Gasteiger partial charge in [0.2, 0.25) is 0 Å². The lowest BCUT2D eigenvalue weighted by molar-refractivity contribution is -0.133. The van der Waals surface area contributed by atoms with Crippen LogP contribution < -0.4 is 10.6 Å². The molecule has 0 fully saturated rings. The first kappa shape index (κ1) is 12.6. The number of benzene rings is 2. The second kappa shape index (κ2) is 5.68. The number of para-hydroxylation sites is 3. The van der Waals surface area contributed by atoms with Crippen LogP contribution in [0.5, 0.6) is 5.75 Å². The Labute approximate surface area is 109 Å². The molecule has 0 aliphatic carbocycles. The third kappa shape index (κ3) is 3.32. The van der Waals surface area contributed by atoms with Gasteiger partial charge in [-0.1, -0.05) is 30.3 Å². The van der Waals surface area contributed by atoms with Gasteiger partial charge < -0.3 is 15.7 Å². The van der Waals surface area contributed by atoms with E-state index in [0.29, 0.717) is 5.69 Å². The van der Waals surface area contributed by atoms with Crippen molar-refractivity contribution in [1.82, 2.24) is 0 Å². The molecular formula is C14H12N2O3. The molecule has 0 unspecified atom stereocenters. The molecule has 0 radical (unpaired) electrons. The number of carbonyl (C=O) groups excluding carboxylic acids is 2. The fourth-order valence-corrected chi connectivity index (χ4v) is 1.47. The fraction of sp³-hybridized carbons (Fsp3) is 0. The van der Waals surface area contributed by atoms with E-state index in [2.05, 4.69) is 10.6 Å². The first-order valence-electron chi connectivity index (χ1n) is 5.62. The molecule has 3 N–H and O–H groups in total. The summed E-state index contributed by atoms with van der Waals surface area (Å²) >= 11 is 0. The zero-order valence-corrected chi connectivity index (χ0v) is 9.96. The summed E-state index contributed by atoms with van der Waals surface area (Å²) in [6.45, 7) is 0. The summed E-state index contributed by atoms with van der Waals surface area (Å²) in [5, 5.41) is 14.3. The van der Waals surface area contributed by atoms with Gasteiger partial charge in [-0.15, -0.1) is 0 Å². The molecule has 5 heteroatoms. The second-order valence-electron chi connectivity index (χ2n) is 3.79. The van der Waals surface area contributed by atoms with Gasteiger partial charge in [0.05, 0.1) is 5.69 Å². The van der Waals surface area contributed by atoms with E-state index in [0.717, 1.165) is 0 Å². The summed E-state index contributed by atoms with van der Waals surface area (Å²) in [4.78, 5) is 23.3. The smallest absolute Gasteiger partial charge is 0.314 e. The van der Waals surface area contributed by atoms with Gasteiger partial charge in [-0.3, -0.25) is 9.59 Å². The minimum Gasteiger partial charge on any atom is -0.506 e. The van der Waals surface area contributed by atoms with Gasteiger partial charge in [-0.25, -0.2) is 0 Å². The van der Waals surface area contributed by atoms with Crippen molar-refractivity contribution in [3.05, 3.63) is 54.6 Å². The summed E-state index contributed by atoms with van der Waals surface area (Å²) in [5.41, 5.74) is 0.718. The highest BCUT2D eigenvalue weighted by atomic mass is 16.3.